The van der Waals surface area contributed by atoms with Crippen molar-refractivity contribution in [2.24, 2.45) is 5.73 Å². The Balaban J connectivity index is 1.83. The summed E-state index contributed by atoms with van der Waals surface area (Å²) in [6.45, 7) is 0. The summed E-state index contributed by atoms with van der Waals surface area (Å²) < 4.78 is 5.47. The van der Waals surface area contributed by atoms with Crippen LogP contribution < -0.4 is 11.1 Å². The average Bonchev–Trinajstić information content (AvgIpc) is 2.87. The lowest BCUT2D eigenvalue weighted by Crippen LogP contribution is -2.16. The molecule has 0 saturated heterocycles. The molecule has 2 aromatic rings. The second-order valence-corrected chi connectivity index (χ2v) is 5.35. The van der Waals surface area contributed by atoms with Gasteiger partial charge < -0.3 is 15.5 Å². The monoisotopic (exact) mass is 290 g/mol. The van der Waals surface area contributed by atoms with Gasteiger partial charge in [0.25, 0.3) is 0 Å². The molecule has 0 spiro atoms. The van der Waals surface area contributed by atoms with E-state index in [1.54, 1.807) is 18.4 Å². The number of rotatable bonds is 3. The molecule has 4 nitrogen and oxygen atoms in total. The topological polar surface area (TPSA) is 68.3 Å². The molecule has 0 aliphatic heterocycles. The Morgan fingerprint density at radius 1 is 1.40 bits per heavy atom. The summed E-state index contributed by atoms with van der Waals surface area (Å²) in [6.07, 6.45) is 4.85. The van der Waals surface area contributed by atoms with Gasteiger partial charge in [0.05, 0.1) is 22.9 Å². The van der Waals surface area contributed by atoms with Crippen LogP contribution in [0.15, 0.2) is 34.9 Å². The second kappa shape index (κ2) is 5.21. The molecular formula is C15H15ClN2O2. The van der Waals surface area contributed by atoms with Gasteiger partial charge in [0.15, 0.2) is 0 Å². The molecule has 3 rings (SSSR count). The summed E-state index contributed by atoms with van der Waals surface area (Å²) in [6, 6.07) is 7.42. The van der Waals surface area contributed by atoms with Crippen molar-refractivity contribution < 1.29 is 9.21 Å². The van der Waals surface area contributed by atoms with Crippen LogP contribution in [0.5, 0.6) is 0 Å². The largest absolute Gasteiger partial charge is 0.469 e. The molecule has 1 aliphatic rings. The van der Waals surface area contributed by atoms with Crippen LogP contribution >= 0.6 is 11.6 Å². The Labute approximate surface area is 121 Å². The molecule has 1 aromatic heterocycles. The lowest BCUT2D eigenvalue weighted by Gasteiger charge is -2.24. The van der Waals surface area contributed by atoms with Gasteiger partial charge in [-0.2, -0.15) is 0 Å². The highest BCUT2D eigenvalue weighted by Gasteiger charge is 2.22. The highest BCUT2D eigenvalue weighted by molar-refractivity contribution is 6.34. The first kappa shape index (κ1) is 13.1. The lowest BCUT2D eigenvalue weighted by atomic mass is 9.93. The zero-order valence-electron chi connectivity index (χ0n) is 10.9. The highest BCUT2D eigenvalue weighted by Crippen LogP contribution is 2.34. The van der Waals surface area contributed by atoms with Crippen molar-refractivity contribution in [3.05, 3.63) is 52.4 Å². The summed E-state index contributed by atoms with van der Waals surface area (Å²) in [5.74, 6) is 0.532. The van der Waals surface area contributed by atoms with Gasteiger partial charge in [-0.15, -0.1) is 0 Å². The molecule has 1 aliphatic carbocycles. The number of nitrogens with two attached hydrogens (primary N) is 1. The first-order valence-corrected chi connectivity index (χ1v) is 6.95. The first-order valence-electron chi connectivity index (χ1n) is 6.57. The van der Waals surface area contributed by atoms with Crippen LogP contribution in [-0.4, -0.2) is 5.91 Å². The Morgan fingerprint density at radius 2 is 2.25 bits per heavy atom. The standard InChI is InChI=1S/C15H15ClN2O2/c16-12-8-9(4-5-10(12)15(17)19)18-13-2-1-3-14-11(13)6-7-20-14/h4-8,13,18H,1-3H2,(H2,17,19). The normalized spacial score (nSPS) is 17.6. The van der Waals surface area contributed by atoms with Gasteiger partial charge >= 0.3 is 0 Å². The van der Waals surface area contributed by atoms with Gasteiger partial charge in [-0.25, -0.2) is 0 Å². The molecule has 5 heteroatoms. The van der Waals surface area contributed by atoms with E-state index in [1.807, 2.05) is 12.1 Å². The van der Waals surface area contributed by atoms with E-state index in [9.17, 15) is 4.79 Å². The van der Waals surface area contributed by atoms with Gasteiger partial charge in [-0.05, 0) is 37.1 Å². The molecule has 0 bridgehead atoms. The molecule has 3 N–H and O–H groups in total. The fourth-order valence-electron chi connectivity index (χ4n) is 2.64. The van der Waals surface area contributed by atoms with E-state index in [0.29, 0.717) is 10.6 Å². The van der Waals surface area contributed by atoms with E-state index >= 15 is 0 Å². The van der Waals surface area contributed by atoms with Gasteiger partial charge in [-0.1, -0.05) is 11.6 Å². The predicted octanol–water partition coefficient (Wildman–Crippen LogP) is 3.52. The van der Waals surface area contributed by atoms with Crippen LogP contribution in [0.3, 0.4) is 0 Å². The van der Waals surface area contributed by atoms with E-state index in [0.717, 1.165) is 30.7 Å². The van der Waals surface area contributed by atoms with Crippen molar-refractivity contribution >= 4 is 23.2 Å². The maximum Gasteiger partial charge on any atom is 0.250 e. The summed E-state index contributed by atoms with van der Waals surface area (Å²) >= 11 is 6.06. The van der Waals surface area contributed by atoms with Crippen molar-refractivity contribution in [3.63, 3.8) is 0 Å². The van der Waals surface area contributed by atoms with E-state index in [2.05, 4.69) is 5.32 Å². The predicted molar refractivity (Wildman–Crippen MR) is 78.0 cm³/mol. The highest BCUT2D eigenvalue weighted by atomic mass is 35.5. The maximum absolute atomic E-state index is 11.2. The summed E-state index contributed by atoms with van der Waals surface area (Å²) in [7, 11) is 0. The van der Waals surface area contributed by atoms with Crippen molar-refractivity contribution in [2.75, 3.05) is 5.32 Å². The number of benzene rings is 1. The van der Waals surface area contributed by atoms with E-state index in [1.165, 1.54) is 5.56 Å². The molecule has 104 valence electrons. The smallest absolute Gasteiger partial charge is 0.250 e. The second-order valence-electron chi connectivity index (χ2n) is 4.95. The van der Waals surface area contributed by atoms with Gasteiger partial charge in [0.1, 0.15) is 5.76 Å². The molecule has 0 radical (unpaired) electrons. The number of aryl methyl sites for hydroxylation is 1. The van der Waals surface area contributed by atoms with Gasteiger partial charge in [0, 0.05) is 17.7 Å². The number of hydrogen-bond acceptors (Lipinski definition) is 3. The molecule has 20 heavy (non-hydrogen) atoms. The van der Waals surface area contributed by atoms with E-state index < -0.39 is 5.91 Å². The van der Waals surface area contributed by atoms with Gasteiger partial charge in [-0.3, -0.25) is 4.79 Å². The number of nitrogens with one attached hydrogen (secondary N) is 1. The Morgan fingerprint density at radius 3 is 3.00 bits per heavy atom. The lowest BCUT2D eigenvalue weighted by molar-refractivity contribution is 0.100. The molecule has 0 fully saturated rings. The van der Waals surface area contributed by atoms with Crippen molar-refractivity contribution in [1.29, 1.82) is 0 Å². The third-order valence-electron chi connectivity index (χ3n) is 3.63. The number of anilines is 1. The number of fused-ring (bicyclic) bond motifs is 1. The Bertz CT molecular complexity index is 651. The Hall–Kier alpha value is -1.94. The van der Waals surface area contributed by atoms with Gasteiger partial charge in [0.2, 0.25) is 5.91 Å². The quantitative estimate of drug-likeness (QED) is 0.909. The first-order chi connectivity index (χ1) is 9.65. The summed E-state index contributed by atoms with van der Waals surface area (Å²) in [5.41, 5.74) is 7.65. The van der Waals surface area contributed by atoms with E-state index in [4.69, 9.17) is 21.8 Å². The number of amides is 1. The number of furan rings is 1. The van der Waals surface area contributed by atoms with Crippen molar-refractivity contribution in [3.8, 4) is 0 Å². The molecule has 1 amide bonds. The van der Waals surface area contributed by atoms with E-state index in [-0.39, 0.29) is 6.04 Å². The average molecular weight is 291 g/mol. The number of carbonyl (C=O) groups is 1. The SMILES string of the molecule is NC(=O)c1ccc(NC2CCCc3occc32)cc1Cl. The molecule has 1 unspecified atom stereocenters. The number of hydrogen-bond donors (Lipinski definition) is 2. The summed E-state index contributed by atoms with van der Waals surface area (Å²) in [5, 5.41) is 3.80. The molecule has 1 heterocycles. The van der Waals surface area contributed by atoms with Crippen molar-refractivity contribution in [2.45, 2.75) is 25.3 Å². The van der Waals surface area contributed by atoms with Crippen LogP contribution in [0.2, 0.25) is 5.02 Å². The summed E-state index contributed by atoms with van der Waals surface area (Å²) in [4.78, 5) is 11.2. The number of carbonyl (C=O) groups excluding carboxylic acids is 1. The number of primary amides is 1. The zero-order valence-corrected chi connectivity index (χ0v) is 11.6. The fraction of sp³-hybridized carbons (Fsp3) is 0.267. The van der Waals surface area contributed by atoms with Crippen LogP contribution in [0.25, 0.3) is 0 Å². The minimum absolute atomic E-state index is 0.216. The molecule has 0 saturated carbocycles. The molecule has 1 atom stereocenters. The number of halogens is 1. The van der Waals surface area contributed by atoms with Crippen molar-refractivity contribution in [1.82, 2.24) is 0 Å². The third-order valence-corrected chi connectivity index (χ3v) is 3.94. The minimum atomic E-state index is -0.517. The minimum Gasteiger partial charge on any atom is -0.469 e. The Kier molecular flexibility index (Phi) is 3.40. The third kappa shape index (κ3) is 2.39. The zero-order chi connectivity index (χ0) is 14.1. The molecular weight excluding hydrogens is 276 g/mol. The van der Waals surface area contributed by atoms with Crippen LogP contribution in [0, 0.1) is 0 Å². The fourth-order valence-corrected chi connectivity index (χ4v) is 2.92. The van der Waals surface area contributed by atoms with Crippen LogP contribution in [0.4, 0.5) is 5.69 Å². The van der Waals surface area contributed by atoms with Crippen LogP contribution in [-0.2, 0) is 6.42 Å². The van der Waals surface area contributed by atoms with Crippen LogP contribution in [0.1, 0.15) is 40.6 Å². The molecule has 1 aromatic carbocycles. The maximum atomic E-state index is 11.2.